The summed E-state index contributed by atoms with van der Waals surface area (Å²) in [4.78, 5) is 1.28. The number of benzene rings is 1. The highest BCUT2D eigenvalue weighted by molar-refractivity contribution is 7.98. The third kappa shape index (κ3) is 3.60. The van der Waals surface area contributed by atoms with E-state index >= 15 is 0 Å². The molecule has 0 amide bonds. The molecule has 0 fully saturated rings. The van der Waals surface area contributed by atoms with E-state index in [2.05, 4.69) is 42.8 Å². The Morgan fingerprint density at radius 2 is 2.29 bits per heavy atom. The number of rotatable bonds is 5. The quantitative estimate of drug-likeness (QED) is 0.757. The van der Waals surface area contributed by atoms with Gasteiger partial charge in [0.1, 0.15) is 0 Å². The summed E-state index contributed by atoms with van der Waals surface area (Å²) >= 11 is 1.75. The summed E-state index contributed by atoms with van der Waals surface area (Å²) < 4.78 is 5.06. The largest absolute Gasteiger partial charge is 0.383 e. The van der Waals surface area contributed by atoms with E-state index in [1.54, 1.807) is 18.9 Å². The van der Waals surface area contributed by atoms with Crippen LogP contribution >= 0.6 is 11.8 Å². The Kier molecular flexibility index (Phi) is 4.84. The zero-order valence-corrected chi connectivity index (χ0v) is 9.73. The molecule has 0 heterocycles. The summed E-state index contributed by atoms with van der Waals surface area (Å²) in [7, 11) is 1.72. The van der Waals surface area contributed by atoms with Crippen molar-refractivity contribution in [1.82, 2.24) is 0 Å². The second-order valence-corrected chi connectivity index (χ2v) is 4.11. The van der Waals surface area contributed by atoms with Crippen molar-refractivity contribution >= 4 is 17.4 Å². The van der Waals surface area contributed by atoms with Crippen LogP contribution in [0, 0.1) is 0 Å². The summed E-state index contributed by atoms with van der Waals surface area (Å²) in [5.74, 6) is 0. The van der Waals surface area contributed by atoms with Crippen LogP contribution in [0.5, 0.6) is 0 Å². The topological polar surface area (TPSA) is 21.3 Å². The molecule has 2 nitrogen and oxygen atoms in total. The molecule has 1 rings (SSSR count). The lowest BCUT2D eigenvalue weighted by Crippen LogP contribution is -2.20. The van der Waals surface area contributed by atoms with Gasteiger partial charge in [-0.2, -0.15) is 0 Å². The number of nitrogens with one attached hydrogen (secondary N) is 1. The average Bonchev–Trinajstić information content (AvgIpc) is 2.18. The molecule has 1 aromatic rings. The molecule has 0 aliphatic rings. The molecule has 0 unspecified atom stereocenters. The first-order chi connectivity index (χ1) is 6.76. The lowest BCUT2D eigenvalue weighted by Gasteiger charge is -2.14. The summed E-state index contributed by atoms with van der Waals surface area (Å²) in [5.41, 5.74) is 1.15. The third-order valence-electron chi connectivity index (χ3n) is 1.90. The van der Waals surface area contributed by atoms with Gasteiger partial charge in [0.05, 0.1) is 6.61 Å². The molecule has 1 atom stereocenters. The number of hydrogen-bond donors (Lipinski definition) is 1. The van der Waals surface area contributed by atoms with Crippen molar-refractivity contribution < 1.29 is 4.74 Å². The first-order valence-electron chi connectivity index (χ1n) is 4.65. The van der Waals surface area contributed by atoms with Gasteiger partial charge in [-0.05, 0) is 31.4 Å². The Morgan fingerprint density at radius 1 is 1.50 bits per heavy atom. The van der Waals surface area contributed by atoms with Gasteiger partial charge in [0, 0.05) is 23.7 Å². The normalized spacial score (nSPS) is 12.5. The molecule has 1 aromatic carbocycles. The van der Waals surface area contributed by atoms with Crippen LogP contribution in [-0.4, -0.2) is 26.0 Å². The van der Waals surface area contributed by atoms with Crippen molar-refractivity contribution in [2.24, 2.45) is 0 Å². The van der Waals surface area contributed by atoms with Crippen LogP contribution in [0.3, 0.4) is 0 Å². The lowest BCUT2D eigenvalue weighted by atomic mass is 10.3. The van der Waals surface area contributed by atoms with Gasteiger partial charge in [-0.25, -0.2) is 0 Å². The van der Waals surface area contributed by atoms with Crippen LogP contribution in [0.15, 0.2) is 29.2 Å². The number of thioether (sulfide) groups is 1. The Bertz CT molecular complexity index is 278. The Hall–Kier alpha value is -0.670. The zero-order chi connectivity index (χ0) is 10.4. The van der Waals surface area contributed by atoms with Crippen molar-refractivity contribution in [3.8, 4) is 0 Å². The summed E-state index contributed by atoms with van der Waals surface area (Å²) in [5, 5.41) is 3.38. The molecule has 1 N–H and O–H groups in total. The summed E-state index contributed by atoms with van der Waals surface area (Å²) in [6.45, 7) is 2.83. The van der Waals surface area contributed by atoms with Crippen LogP contribution in [0.4, 0.5) is 5.69 Å². The molecular weight excluding hydrogens is 194 g/mol. The maximum Gasteiger partial charge on any atom is 0.0661 e. The van der Waals surface area contributed by atoms with E-state index in [0.29, 0.717) is 6.04 Å². The SMILES string of the molecule is COC[C@H](C)Nc1cccc(SC)c1. The van der Waals surface area contributed by atoms with Crippen molar-refractivity contribution in [2.45, 2.75) is 17.9 Å². The lowest BCUT2D eigenvalue weighted by molar-refractivity contribution is 0.190. The predicted molar refractivity (Wildman–Crippen MR) is 63.2 cm³/mol. The maximum atomic E-state index is 5.06. The van der Waals surface area contributed by atoms with E-state index in [4.69, 9.17) is 4.74 Å². The first kappa shape index (κ1) is 11.4. The minimum absolute atomic E-state index is 0.345. The fourth-order valence-electron chi connectivity index (χ4n) is 1.29. The molecule has 0 aromatic heterocycles. The number of anilines is 1. The molecule has 0 radical (unpaired) electrons. The van der Waals surface area contributed by atoms with Crippen molar-refractivity contribution in [1.29, 1.82) is 0 Å². The van der Waals surface area contributed by atoms with E-state index in [9.17, 15) is 0 Å². The number of hydrogen-bond acceptors (Lipinski definition) is 3. The van der Waals surface area contributed by atoms with Gasteiger partial charge in [0.25, 0.3) is 0 Å². The minimum atomic E-state index is 0.345. The van der Waals surface area contributed by atoms with Crippen molar-refractivity contribution in [2.75, 3.05) is 25.3 Å². The molecule has 78 valence electrons. The van der Waals surface area contributed by atoms with Gasteiger partial charge in [-0.3, -0.25) is 0 Å². The highest BCUT2D eigenvalue weighted by atomic mass is 32.2. The van der Waals surface area contributed by atoms with Crippen LogP contribution in [-0.2, 0) is 4.74 Å². The van der Waals surface area contributed by atoms with Crippen LogP contribution in [0.1, 0.15) is 6.92 Å². The molecule has 0 aliphatic heterocycles. The molecule has 14 heavy (non-hydrogen) atoms. The summed E-state index contributed by atoms with van der Waals surface area (Å²) in [6.07, 6.45) is 2.08. The van der Waals surface area contributed by atoms with Crippen molar-refractivity contribution in [3.05, 3.63) is 24.3 Å². The van der Waals surface area contributed by atoms with Crippen molar-refractivity contribution in [3.63, 3.8) is 0 Å². The van der Waals surface area contributed by atoms with E-state index in [-0.39, 0.29) is 0 Å². The second-order valence-electron chi connectivity index (χ2n) is 3.23. The van der Waals surface area contributed by atoms with Crippen LogP contribution in [0.25, 0.3) is 0 Å². The van der Waals surface area contributed by atoms with E-state index in [0.717, 1.165) is 12.3 Å². The van der Waals surface area contributed by atoms with E-state index in [1.807, 2.05) is 0 Å². The van der Waals surface area contributed by atoms with Gasteiger partial charge in [-0.15, -0.1) is 11.8 Å². The number of ether oxygens (including phenoxy) is 1. The minimum Gasteiger partial charge on any atom is -0.383 e. The second kappa shape index (κ2) is 5.94. The van der Waals surface area contributed by atoms with E-state index in [1.165, 1.54) is 4.90 Å². The molecule has 0 bridgehead atoms. The van der Waals surface area contributed by atoms with Gasteiger partial charge < -0.3 is 10.1 Å². The number of methoxy groups -OCH3 is 1. The standard InChI is InChI=1S/C11H17NOS/c1-9(8-13-2)12-10-5-4-6-11(7-10)14-3/h4-7,9,12H,8H2,1-3H3/t9-/m0/s1. The van der Waals surface area contributed by atoms with Gasteiger partial charge in [0.2, 0.25) is 0 Å². The maximum absolute atomic E-state index is 5.06. The van der Waals surface area contributed by atoms with Gasteiger partial charge in [0.15, 0.2) is 0 Å². The average molecular weight is 211 g/mol. The monoisotopic (exact) mass is 211 g/mol. The first-order valence-corrected chi connectivity index (χ1v) is 5.88. The molecular formula is C11H17NOS. The highest BCUT2D eigenvalue weighted by Gasteiger charge is 2.00. The van der Waals surface area contributed by atoms with Gasteiger partial charge >= 0.3 is 0 Å². The fraction of sp³-hybridized carbons (Fsp3) is 0.455. The third-order valence-corrected chi connectivity index (χ3v) is 2.62. The predicted octanol–water partition coefficient (Wildman–Crippen LogP) is 2.86. The van der Waals surface area contributed by atoms with Gasteiger partial charge in [-0.1, -0.05) is 6.07 Å². The highest BCUT2D eigenvalue weighted by Crippen LogP contribution is 2.19. The zero-order valence-electron chi connectivity index (χ0n) is 8.91. The molecule has 3 heteroatoms. The van der Waals surface area contributed by atoms with Crippen LogP contribution in [0.2, 0.25) is 0 Å². The molecule has 0 aliphatic carbocycles. The molecule has 0 spiro atoms. The molecule has 0 saturated heterocycles. The van der Waals surface area contributed by atoms with E-state index < -0.39 is 0 Å². The fourth-order valence-corrected chi connectivity index (χ4v) is 1.75. The summed E-state index contributed by atoms with van der Waals surface area (Å²) in [6, 6.07) is 8.74. The molecule has 0 saturated carbocycles. The Morgan fingerprint density at radius 3 is 2.93 bits per heavy atom. The smallest absolute Gasteiger partial charge is 0.0661 e. The van der Waals surface area contributed by atoms with Crippen LogP contribution < -0.4 is 5.32 Å². The Balaban J connectivity index is 2.57. The Labute approximate surface area is 90.0 Å².